The van der Waals surface area contributed by atoms with Crippen molar-refractivity contribution in [1.82, 2.24) is 28.9 Å². The third-order valence-corrected chi connectivity index (χ3v) is 6.03. The minimum Gasteiger partial charge on any atom is -0.395 e. The topological polar surface area (TPSA) is 114 Å². The van der Waals surface area contributed by atoms with E-state index in [4.69, 9.17) is 10.1 Å². The summed E-state index contributed by atoms with van der Waals surface area (Å²) >= 11 is 0. The number of anilines is 2. The van der Waals surface area contributed by atoms with Gasteiger partial charge in [0.25, 0.3) is 11.1 Å². The van der Waals surface area contributed by atoms with E-state index in [9.17, 15) is 9.59 Å². The summed E-state index contributed by atoms with van der Waals surface area (Å²) in [6.45, 7) is 3.01. The highest BCUT2D eigenvalue weighted by Gasteiger charge is 2.22. The normalized spacial score (nSPS) is 14.6. The van der Waals surface area contributed by atoms with E-state index in [1.807, 2.05) is 12.1 Å². The van der Waals surface area contributed by atoms with Crippen LogP contribution in [0.2, 0.25) is 0 Å². The SMILES string of the molecule is Cn1c(N2CCN(c3ccc4c(=O)n(CCO)cnc4c3)CC2)nc2c(cnn2C)c1=O. The number of benzene rings is 1. The smallest absolute Gasteiger partial charge is 0.265 e. The van der Waals surface area contributed by atoms with Gasteiger partial charge in [-0.3, -0.25) is 23.4 Å². The molecule has 4 heterocycles. The van der Waals surface area contributed by atoms with Crippen molar-refractivity contribution < 1.29 is 5.11 Å². The molecule has 0 atom stereocenters. The first-order chi connectivity index (χ1) is 15.5. The van der Waals surface area contributed by atoms with Crippen LogP contribution in [-0.2, 0) is 20.6 Å². The van der Waals surface area contributed by atoms with Crippen LogP contribution in [0.25, 0.3) is 21.9 Å². The Morgan fingerprint density at radius 2 is 1.75 bits per heavy atom. The number of hydrogen-bond donors (Lipinski definition) is 1. The quantitative estimate of drug-likeness (QED) is 0.464. The van der Waals surface area contributed by atoms with Gasteiger partial charge in [0.15, 0.2) is 5.65 Å². The Labute approximate surface area is 182 Å². The molecule has 0 spiro atoms. The van der Waals surface area contributed by atoms with Crippen molar-refractivity contribution in [2.45, 2.75) is 6.54 Å². The zero-order valence-electron chi connectivity index (χ0n) is 18.0. The van der Waals surface area contributed by atoms with Gasteiger partial charge < -0.3 is 14.9 Å². The Kier molecular flexibility index (Phi) is 4.89. The van der Waals surface area contributed by atoms with Gasteiger partial charge >= 0.3 is 0 Å². The van der Waals surface area contributed by atoms with Crippen LogP contribution in [-0.4, -0.2) is 66.8 Å². The molecule has 0 aliphatic carbocycles. The fourth-order valence-electron chi connectivity index (χ4n) is 4.21. The monoisotopic (exact) mass is 436 g/mol. The van der Waals surface area contributed by atoms with Crippen LogP contribution >= 0.6 is 0 Å². The summed E-state index contributed by atoms with van der Waals surface area (Å²) in [4.78, 5) is 38.6. The molecule has 0 amide bonds. The summed E-state index contributed by atoms with van der Waals surface area (Å²) in [5.41, 5.74) is 1.95. The molecule has 11 heteroatoms. The molecule has 5 rings (SSSR count). The highest BCUT2D eigenvalue weighted by Crippen LogP contribution is 2.22. The molecule has 3 aromatic heterocycles. The standard InChI is InChI=1S/C21H24N8O3/c1-25-19(31)16-12-23-26(2)18(16)24-21(25)28-7-5-27(6-8-28)14-3-4-15-17(11-14)22-13-29(9-10-30)20(15)32/h3-4,11-13,30H,5-10H2,1-2H3. The number of nitrogens with zero attached hydrogens (tertiary/aromatic N) is 8. The third kappa shape index (κ3) is 3.21. The molecule has 1 N–H and O–H groups in total. The number of aryl methyl sites for hydroxylation is 1. The van der Waals surface area contributed by atoms with E-state index < -0.39 is 0 Å². The van der Waals surface area contributed by atoms with Gasteiger partial charge in [-0.1, -0.05) is 0 Å². The Morgan fingerprint density at radius 3 is 2.50 bits per heavy atom. The van der Waals surface area contributed by atoms with Crippen LogP contribution in [0.4, 0.5) is 11.6 Å². The van der Waals surface area contributed by atoms with E-state index in [1.165, 1.54) is 10.9 Å². The van der Waals surface area contributed by atoms with E-state index >= 15 is 0 Å². The first kappa shape index (κ1) is 20.2. The summed E-state index contributed by atoms with van der Waals surface area (Å²) in [7, 11) is 3.52. The lowest BCUT2D eigenvalue weighted by molar-refractivity contribution is 0.274. The fourth-order valence-corrected chi connectivity index (χ4v) is 4.21. The Bertz CT molecular complexity index is 1430. The first-order valence-electron chi connectivity index (χ1n) is 10.5. The van der Waals surface area contributed by atoms with Crippen LogP contribution in [0.3, 0.4) is 0 Å². The number of aliphatic hydroxyl groups is 1. The van der Waals surface area contributed by atoms with Gasteiger partial charge in [0.2, 0.25) is 5.95 Å². The molecule has 0 bridgehead atoms. The van der Waals surface area contributed by atoms with Crippen molar-refractivity contribution in [2.24, 2.45) is 14.1 Å². The second-order valence-electron chi connectivity index (χ2n) is 7.92. The van der Waals surface area contributed by atoms with E-state index in [0.717, 1.165) is 18.8 Å². The second-order valence-corrected chi connectivity index (χ2v) is 7.92. The Morgan fingerprint density at radius 1 is 1.00 bits per heavy atom. The average Bonchev–Trinajstić information content (AvgIpc) is 3.19. The molecular formula is C21H24N8O3. The number of aromatic nitrogens is 6. The maximum absolute atomic E-state index is 12.7. The van der Waals surface area contributed by atoms with Gasteiger partial charge in [-0.25, -0.2) is 4.98 Å². The van der Waals surface area contributed by atoms with Crippen LogP contribution < -0.4 is 20.9 Å². The van der Waals surface area contributed by atoms with Crippen molar-refractivity contribution in [3.8, 4) is 0 Å². The van der Waals surface area contributed by atoms with Crippen LogP contribution in [0.1, 0.15) is 0 Å². The maximum atomic E-state index is 12.7. The van der Waals surface area contributed by atoms with Crippen molar-refractivity contribution >= 4 is 33.6 Å². The number of fused-ring (bicyclic) bond motifs is 2. The van der Waals surface area contributed by atoms with Crippen molar-refractivity contribution in [3.63, 3.8) is 0 Å². The summed E-state index contributed by atoms with van der Waals surface area (Å²) in [6, 6.07) is 5.65. The molecule has 1 aliphatic heterocycles. The van der Waals surface area contributed by atoms with Gasteiger partial charge in [-0.15, -0.1) is 0 Å². The largest absolute Gasteiger partial charge is 0.395 e. The number of rotatable bonds is 4. The molecule has 4 aromatic rings. The zero-order chi connectivity index (χ0) is 22.4. The van der Waals surface area contributed by atoms with Crippen molar-refractivity contribution in [2.75, 3.05) is 42.6 Å². The van der Waals surface area contributed by atoms with Gasteiger partial charge in [0, 0.05) is 46.0 Å². The van der Waals surface area contributed by atoms with E-state index in [-0.39, 0.29) is 24.3 Å². The van der Waals surface area contributed by atoms with E-state index in [2.05, 4.69) is 19.9 Å². The summed E-state index contributed by atoms with van der Waals surface area (Å²) in [5.74, 6) is 0.635. The summed E-state index contributed by atoms with van der Waals surface area (Å²) in [5, 5.41) is 14.3. The highest BCUT2D eigenvalue weighted by atomic mass is 16.3. The lowest BCUT2D eigenvalue weighted by Crippen LogP contribution is -2.48. The molecule has 0 saturated carbocycles. The first-order valence-corrected chi connectivity index (χ1v) is 10.5. The van der Waals surface area contributed by atoms with Crippen LogP contribution in [0.5, 0.6) is 0 Å². The average molecular weight is 436 g/mol. The predicted octanol–water partition coefficient (Wildman–Crippen LogP) is -0.304. The molecule has 1 aromatic carbocycles. The van der Waals surface area contributed by atoms with Crippen molar-refractivity contribution in [1.29, 1.82) is 0 Å². The molecule has 166 valence electrons. The van der Waals surface area contributed by atoms with E-state index in [0.29, 0.717) is 41.0 Å². The Balaban J connectivity index is 1.38. The molecule has 0 radical (unpaired) electrons. The molecule has 11 nitrogen and oxygen atoms in total. The molecule has 1 fully saturated rings. The predicted molar refractivity (Wildman–Crippen MR) is 121 cm³/mol. The molecule has 1 aliphatic rings. The highest BCUT2D eigenvalue weighted by molar-refractivity contribution is 5.81. The zero-order valence-corrected chi connectivity index (χ0v) is 18.0. The lowest BCUT2D eigenvalue weighted by Gasteiger charge is -2.37. The summed E-state index contributed by atoms with van der Waals surface area (Å²) in [6.07, 6.45) is 3.03. The van der Waals surface area contributed by atoms with Gasteiger partial charge in [-0.05, 0) is 18.2 Å². The lowest BCUT2D eigenvalue weighted by atomic mass is 10.2. The fraction of sp³-hybridized carbons (Fsp3) is 0.381. The summed E-state index contributed by atoms with van der Waals surface area (Å²) < 4.78 is 4.61. The van der Waals surface area contributed by atoms with Gasteiger partial charge in [0.1, 0.15) is 5.39 Å². The van der Waals surface area contributed by atoms with Crippen LogP contribution in [0.15, 0.2) is 40.3 Å². The second kappa shape index (κ2) is 7.75. The van der Waals surface area contributed by atoms with Crippen molar-refractivity contribution in [3.05, 3.63) is 51.4 Å². The molecule has 1 saturated heterocycles. The Hall–Kier alpha value is -3.73. The third-order valence-electron chi connectivity index (χ3n) is 6.03. The molecule has 32 heavy (non-hydrogen) atoms. The maximum Gasteiger partial charge on any atom is 0.265 e. The number of hydrogen-bond acceptors (Lipinski definition) is 8. The minimum atomic E-state index is -0.155. The van der Waals surface area contributed by atoms with E-state index in [1.54, 1.807) is 35.6 Å². The van der Waals surface area contributed by atoms with Gasteiger partial charge in [0.05, 0.1) is 36.6 Å². The number of piperazine rings is 1. The molecule has 0 unspecified atom stereocenters. The molecular weight excluding hydrogens is 412 g/mol. The van der Waals surface area contributed by atoms with Gasteiger partial charge in [-0.2, -0.15) is 10.1 Å². The van der Waals surface area contributed by atoms with Crippen LogP contribution in [0, 0.1) is 0 Å². The minimum absolute atomic E-state index is 0.104. The number of aliphatic hydroxyl groups excluding tert-OH is 1.